The molecule has 2 rings (SSSR count). The SMILES string of the molecule is CC1(C)O[C@H](CO)O[C@@H]1c1ccccc1[N+](=O)[O-]. The standard InChI is InChI=1S/C12H15NO5/c1-12(2)11(17-10(7-14)18-12)8-5-3-4-6-9(8)13(15)16/h3-6,10-11,14H,7H2,1-2H3/t10-,11-/m1/s1. The zero-order chi connectivity index (χ0) is 13.3. The van der Waals surface area contributed by atoms with Crippen molar-refractivity contribution in [2.24, 2.45) is 0 Å². The summed E-state index contributed by atoms with van der Waals surface area (Å²) < 4.78 is 11.0. The zero-order valence-electron chi connectivity index (χ0n) is 10.2. The summed E-state index contributed by atoms with van der Waals surface area (Å²) in [6.07, 6.45) is -1.32. The van der Waals surface area contributed by atoms with E-state index in [0.717, 1.165) is 0 Å². The van der Waals surface area contributed by atoms with Crippen molar-refractivity contribution in [2.45, 2.75) is 31.8 Å². The molecule has 1 fully saturated rings. The Hall–Kier alpha value is -1.50. The Labute approximate surface area is 104 Å². The first-order valence-corrected chi connectivity index (χ1v) is 5.63. The van der Waals surface area contributed by atoms with Gasteiger partial charge in [-0.05, 0) is 19.9 Å². The van der Waals surface area contributed by atoms with Crippen molar-refractivity contribution in [3.63, 3.8) is 0 Å². The van der Waals surface area contributed by atoms with Crippen molar-refractivity contribution in [3.8, 4) is 0 Å². The third-order valence-corrected chi connectivity index (χ3v) is 2.92. The van der Waals surface area contributed by atoms with E-state index in [0.29, 0.717) is 5.56 Å². The van der Waals surface area contributed by atoms with Crippen molar-refractivity contribution in [3.05, 3.63) is 39.9 Å². The van der Waals surface area contributed by atoms with E-state index in [4.69, 9.17) is 14.6 Å². The van der Waals surface area contributed by atoms with E-state index < -0.39 is 22.9 Å². The lowest BCUT2D eigenvalue weighted by Gasteiger charge is -2.23. The summed E-state index contributed by atoms with van der Waals surface area (Å²) in [6, 6.07) is 6.40. The fraction of sp³-hybridized carbons (Fsp3) is 0.500. The molecule has 0 amide bonds. The normalized spacial score (nSPS) is 26.2. The maximum absolute atomic E-state index is 11.0. The highest BCUT2D eigenvalue weighted by atomic mass is 16.7. The summed E-state index contributed by atoms with van der Waals surface area (Å²) in [4.78, 5) is 10.6. The summed E-state index contributed by atoms with van der Waals surface area (Å²) in [7, 11) is 0. The predicted molar refractivity (Wildman–Crippen MR) is 63.0 cm³/mol. The highest BCUT2D eigenvalue weighted by Gasteiger charge is 2.45. The van der Waals surface area contributed by atoms with Gasteiger partial charge in [0.05, 0.1) is 22.7 Å². The summed E-state index contributed by atoms with van der Waals surface area (Å²) in [5, 5.41) is 20.1. The molecule has 1 heterocycles. The quantitative estimate of drug-likeness (QED) is 0.655. The molecule has 18 heavy (non-hydrogen) atoms. The molecule has 0 aliphatic carbocycles. The Morgan fingerprint density at radius 1 is 1.44 bits per heavy atom. The number of ether oxygens (including phenoxy) is 2. The minimum Gasteiger partial charge on any atom is -0.391 e. The van der Waals surface area contributed by atoms with E-state index in [1.54, 1.807) is 32.0 Å². The predicted octanol–water partition coefficient (Wildman–Crippen LogP) is 1.78. The number of nitro groups is 1. The van der Waals surface area contributed by atoms with Crippen LogP contribution in [0.2, 0.25) is 0 Å². The fourth-order valence-corrected chi connectivity index (χ4v) is 2.15. The van der Waals surface area contributed by atoms with Crippen LogP contribution in [0.15, 0.2) is 24.3 Å². The molecule has 1 saturated heterocycles. The number of nitrogens with zero attached hydrogens (tertiary/aromatic N) is 1. The molecule has 98 valence electrons. The summed E-state index contributed by atoms with van der Waals surface area (Å²) in [6.45, 7) is 3.29. The maximum Gasteiger partial charge on any atom is 0.275 e. The van der Waals surface area contributed by atoms with Crippen molar-refractivity contribution < 1.29 is 19.5 Å². The monoisotopic (exact) mass is 253 g/mol. The number of benzene rings is 1. The molecule has 1 aliphatic rings. The van der Waals surface area contributed by atoms with Crippen LogP contribution < -0.4 is 0 Å². The van der Waals surface area contributed by atoms with Crippen molar-refractivity contribution >= 4 is 5.69 Å². The van der Waals surface area contributed by atoms with Crippen LogP contribution >= 0.6 is 0 Å². The van der Waals surface area contributed by atoms with Gasteiger partial charge in [0.25, 0.3) is 5.69 Å². The van der Waals surface area contributed by atoms with Gasteiger partial charge in [-0.1, -0.05) is 12.1 Å². The van der Waals surface area contributed by atoms with Crippen LogP contribution in [0.5, 0.6) is 0 Å². The largest absolute Gasteiger partial charge is 0.391 e. The Kier molecular flexibility index (Phi) is 3.34. The molecule has 0 bridgehead atoms. The molecule has 0 saturated carbocycles. The van der Waals surface area contributed by atoms with Crippen LogP contribution in [0.1, 0.15) is 25.5 Å². The van der Waals surface area contributed by atoms with Gasteiger partial charge in [-0.25, -0.2) is 0 Å². The molecule has 1 aliphatic heterocycles. The molecule has 1 N–H and O–H groups in total. The lowest BCUT2D eigenvalue weighted by molar-refractivity contribution is -0.386. The van der Waals surface area contributed by atoms with E-state index in [1.165, 1.54) is 6.07 Å². The van der Waals surface area contributed by atoms with Crippen LogP contribution in [0.4, 0.5) is 5.69 Å². The first kappa shape index (κ1) is 12.9. The highest BCUT2D eigenvalue weighted by Crippen LogP contribution is 2.43. The molecule has 6 nitrogen and oxygen atoms in total. The van der Waals surface area contributed by atoms with Crippen LogP contribution in [-0.2, 0) is 9.47 Å². The van der Waals surface area contributed by atoms with Gasteiger partial charge in [0.15, 0.2) is 6.29 Å². The van der Waals surface area contributed by atoms with Gasteiger partial charge < -0.3 is 14.6 Å². The van der Waals surface area contributed by atoms with Gasteiger partial charge in [-0.3, -0.25) is 10.1 Å². The van der Waals surface area contributed by atoms with Crippen LogP contribution in [0, 0.1) is 10.1 Å². The molecule has 0 aromatic heterocycles. The van der Waals surface area contributed by atoms with Crippen LogP contribution in [0.25, 0.3) is 0 Å². The molecular formula is C12H15NO5. The molecule has 2 atom stereocenters. The van der Waals surface area contributed by atoms with E-state index in [9.17, 15) is 10.1 Å². The zero-order valence-corrected chi connectivity index (χ0v) is 10.2. The van der Waals surface area contributed by atoms with E-state index in [1.807, 2.05) is 0 Å². The molecule has 0 unspecified atom stereocenters. The number of aliphatic hydroxyl groups excluding tert-OH is 1. The molecule has 0 spiro atoms. The van der Waals surface area contributed by atoms with Crippen molar-refractivity contribution in [2.75, 3.05) is 6.61 Å². The van der Waals surface area contributed by atoms with E-state index in [2.05, 4.69) is 0 Å². The van der Waals surface area contributed by atoms with Gasteiger partial charge in [0, 0.05) is 6.07 Å². The van der Waals surface area contributed by atoms with Crippen LogP contribution in [0.3, 0.4) is 0 Å². The number of rotatable bonds is 3. The van der Waals surface area contributed by atoms with Gasteiger partial charge in [-0.15, -0.1) is 0 Å². The molecule has 6 heteroatoms. The third-order valence-electron chi connectivity index (χ3n) is 2.92. The average Bonchev–Trinajstić information content (AvgIpc) is 2.64. The van der Waals surface area contributed by atoms with E-state index >= 15 is 0 Å². The third kappa shape index (κ3) is 2.22. The first-order valence-electron chi connectivity index (χ1n) is 5.63. The number of hydrogen-bond donors (Lipinski definition) is 1. The number of nitro benzene ring substituents is 1. The summed E-state index contributed by atoms with van der Waals surface area (Å²) in [5.41, 5.74) is -0.263. The Morgan fingerprint density at radius 3 is 2.67 bits per heavy atom. The lowest BCUT2D eigenvalue weighted by Crippen LogP contribution is -2.27. The Bertz CT molecular complexity index is 460. The number of hydrogen-bond acceptors (Lipinski definition) is 5. The van der Waals surface area contributed by atoms with Crippen molar-refractivity contribution in [1.29, 1.82) is 0 Å². The number of para-hydroxylation sites is 1. The summed E-state index contributed by atoms with van der Waals surface area (Å²) >= 11 is 0. The first-order chi connectivity index (χ1) is 8.45. The lowest BCUT2D eigenvalue weighted by atomic mass is 9.94. The smallest absolute Gasteiger partial charge is 0.275 e. The second-order valence-electron chi connectivity index (χ2n) is 4.67. The molecular weight excluding hydrogens is 238 g/mol. The summed E-state index contributed by atoms with van der Waals surface area (Å²) in [5.74, 6) is 0. The number of aliphatic hydroxyl groups is 1. The van der Waals surface area contributed by atoms with Gasteiger partial charge in [0.2, 0.25) is 0 Å². The average molecular weight is 253 g/mol. The second kappa shape index (κ2) is 4.64. The Balaban J connectivity index is 2.40. The fourth-order valence-electron chi connectivity index (χ4n) is 2.15. The highest BCUT2D eigenvalue weighted by molar-refractivity contribution is 5.42. The topological polar surface area (TPSA) is 81.8 Å². The minimum atomic E-state index is -0.746. The van der Waals surface area contributed by atoms with Crippen LogP contribution in [-0.4, -0.2) is 28.5 Å². The second-order valence-corrected chi connectivity index (χ2v) is 4.67. The molecule has 0 radical (unpaired) electrons. The molecule has 1 aromatic rings. The maximum atomic E-state index is 11.0. The Morgan fingerprint density at radius 2 is 2.11 bits per heavy atom. The van der Waals surface area contributed by atoms with Gasteiger partial charge >= 0.3 is 0 Å². The van der Waals surface area contributed by atoms with Gasteiger partial charge in [0.1, 0.15) is 6.10 Å². The van der Waals surface area contributed by atoms with Gasteiger partial charge in [-0.2, -0.15) is 0 Å². The van der Waals surface area contributed by atoms with Crippen molar-refractivity contribution in [1.82, 2.24) is 0 Å². The molecule has 1 aromatic carbocycles. The minimum absolute atomic E-state index is 0.00207. The van der Waals surface area contributed by atoms with E-state index in [-0.39, 0.29) is 12.3 Å².